The Morgan fingerprint density at radius 2 is 2.05 bits per heavy atom. The number of hydrogen-bond acceptors (Lipinski definition) is 5. The van der Waals surface area contributed by atoms with E-state index in [9.17, 15) is 19.6 Å². The predicted octanol–water partition coefficient (Wildman–Crippen LogP) is 4.11. The third-order valence-corrected chi connectivity index (χ3v) is 8.26. The lowest BCUT2D eigenvalue weighted by Gasteiger charge is -2.54. The number of halogens is 3. The smallest absolute Gasteiger partial charge is 0.255 e. The first-order valence-electron chi connectivity index (χ1n) is 13.7. The van der Waals surface area contributed by atoms with E-state index in [1.54, 1.807) is 24.3 Å². The van der Waals surface area contributed by atoms with E-state index in [1.807, 2.05) is 19.9 Å². The van der Waals surface area contributed by atoms with E-state index in [1.165, 1.54) is 4.90 Å². The standard InChI is InChI=1S/C28H36ClF2N5O3/c1-16(2)11-23(34-19-7-3-6-18(29)13-19)27(39)36-21-8-9-22(28(30,31)14-21)24(36)26(38)35-20(15-32)12-17-5-4-10-33-25(17)37/h3,6-7,13,16-17,20-24,34H,4-5,8-12,14H2,1-2H3,(H,33,37)(H,35,38)/t17-,20+,21+,22+,23+,24+/m0/s1. The first kappa shape index (κ1) is 29.1. The van der Waals surface area contributed by atoms with Gasteiger partial charge in [0.05, 0.1) is 12.0 Å². The molecule has 1 aliphatic carbocycles. The number of hydrogen-bond donors (Lipinski definition) is 3. The van der Waals surface area contributed by atoms with E-state index in [4.69, 9.17) is 11.6 Å². The van der Waals surface area contributed by atoms with Crippen LogP contribution in [-0.2, 0) is 14.4 Å². The normalized spacial score (nSPS) is 27.3. The minimum absolute atomic E-state index is 0.0888. The monoisotopic (exact) mass is 563 g/mol. The fraction of sp³-hybridized carbons (Fsp3) is 0.643. The zero-order chi connectivity index (χ0) is 28.3. The van der Waals surface area contributed by atoms with Crippen molar-refractivity contribution in [1.82, 2.24) is 15.5 Å². The van der Waals surface area contributed by atoms with Crippen LogP contribution in [0.25, 0.3) is 0 Å². The van der Waals surface area contributed by atoms with Crippen LogP contribution < -0.4 is 16.0 Å². The van der Waals surface area contributed by atoms with Crippen molar-refractivity contribution >= 4 is 35.0 Å². The summed E-state index contributed by atoms with van der Waals surface area (Å²) in [4.78, 5) is 41.2. The second kappa shape index (κ2) is 12.1. The number of carbonyl (C=O) groups is 3. The van der Waals surface area contributed by atoms with Gasteiger partial charge in [-0.15, -0.1) is 0 Å². The number of anilines is 1. The number of nitriles is 1. The fourth-order valence-corrected chi connectivity index (χ4v) is 6.41. The van der Waals surface area contributed by atoms with Crippen molar-refractivity contribution in [2.45, 2.75) is 88.9 Å². The molecule has 4 aliphatic rings. The van der Waals surface area contributed by atoms with Gasteiger partial charge in [0.25, 0.3) is 5.92 Å². The maximum absolute atomic E-state index is 15.1. The maximum Gasteiger partial charge on any atom is 0.255 e. The van der Waals surface area contributed by atoms with Crippen LogP contribution in [0.15, 0.2) is 24.3 Å². The molecule has 6 atom stereocenters. The molecule has 0 spiro atoms. The number of nitrogens with zero attached hydrogens (tertiary/aromatic N) is 2. The van der Waals surface area contributed by atoms with Gasteiger partial charge in [0.1, 0.15) is 18.1 Å². The molecular weight excluding hydrogens is 528 g/mol. The molecule has 1 saturated carbocycles. The Labute approximate surface area is 232 Å². The molecule has 0 radical (unpaired) electrons. The van der Waals surface area contributed by atoms with Crippen molar-refractivity contribution in [3.8, 4) is 6.07 Å². The van der Waals surface area contributed by atoms with E-state index in [-0.39, 0.29) is 24.7 Å². The largest absolute Gasteiger partial charge is 0.374 e. The Hall–Kier alpha value is -2.93. The van der Waals surface area contributed by atoms with Gasteiger partial charge >= 0.3 is 0 Å². The molecule has 3 N–H and O–H groups in total. The number of amides is 3. The summed E-state index contributed by atoms with van der Waals surface area (Å²) in [7, 11) is 0. The third-order valence-electron chi connectivity index (χ3n) is 8.02. The Bertz CT molecular complexity index is 1130. The topological polar surface area (TPSA) is 114 Å². The van der Waals surface area contributed by atoms with Gasteiger partial charge < -0.3 is 20.9 Å². The minimum Gasteiger partial charge on any atom is -0.374 e. The minimum atomic E-state index is -3.11. The summed E-state index contributed by atoms with van der Waals surface area (Å²) in [6, 6.07) is 4.91. The molecule has 4 fully saturated rings. The van der Waals surface area contributed by atoms with Gasteiger partial charge in [-0.3, -0.25) is 14.4 Å². The SMILES string of the molecule is CC(C)C[C@@H](Nc1cccc(Cl)c1)C(=O)N1[C@@H]2CC[C@H]([C@@H]1C(=O)N[C@@H](C#N)C[C@@H]1CCCNC1=O)C(F)(F)C2. The summed E-state index contributed by atoms with van der Waals surface area (Å²) in [6.45, 7) is 4.48. The average Bonchev–Trinajstić information content (AvgIpc) is 2.87. The van der Waals surface area contributed by atoms with Crippen LogP contribution in [0.4, 0.5) is 14.5 Å². The summed E-state index contributed by atoms with van der Waals surface area (Å²) in [5, 5.41) is 18.8. The van der Waals surface area contributed by atoms with Crippen molar-refractivity contribution in [1.29, 1.82) is 5.26 Å². The molecule has 11 heteroatoms. The van der Waals surface area contributed by atoms with Crippen LogP contribution in [0.1, 0.15) is 58.8 Å². The summed E-state index contributed by atoms with van der Waals surface area (Å²) in [5.41, 5.74) is 0.616. The zero-order valence-electron chi connectivity index (χ0n) is 22.3. The number of carbonyl (C=O) groups excluding carboxylic acids is 3. The van der Waals surface area contributed by atoms with E-state index < -0.39 is 60.2 Å². The zero-order valence-corrected chi connectivity index (χ0v) is 23.0. The first-order valence-corrected chi connectivity index (χ1v) is 14.1. The van der Waals surface area contributed by atoms with Gasteiger partial charge in [-0.2, -0.15) is 5.26 Å². The predicted molar refractivity (Wildman–Crippen MR) is 143 cm³/mol. The molecule has 1 aromatic rings. The molecule has 0 aromatic heterocycles. The molecule has 0 unspecified atom stereocenters. The van der Waals surface area contributed by atoms with Crippen molar-refractivity contribution in [3.63, 3.8) is 0 Å². The third kappa shape index (κ3) is 6.63. The van der Waals surface area contributed by atoms with E-state index in [0.29, 0.717) is 36.5 Å². The highest BCUT2D eigenvalue weighted by atomic mass is 35.5. The summed E-state index contributed by atoms with van der Waals surface area (Å²) < 4.78 is 30.3. The van der Waals surface area contributed by atoms with Crippen molar-refractivity contribution in [3.05, 3.63) is 29.3 Å². The maximum atomic E-state index is 15.1. The highest BCUT2D eigenvalue weighted by Crippen LogP contribution is 2.49. The van der Waals surface area contributed by atoms with Crippen LogP contribution in [-0.4, -0.2) is 59.3 Å². The highest BCUT2D eigenvalue weighted by molar-refractivity contribution is 6.30. The van der Waals surface area contributed by atoms with E-state index in [0.717, 1.165) is 6.42 Å². The Balaban J connectivity index is 1.58. The number of benzene rings is 1. The molecule has 5 rings (SSSR count). The number of piperidine rings is 3. The first-order chi connectivity index (χ1) is 18.5. The molecular formula is C28H36ClF2N5O3. The fourth-order valence-electron chi connectivity index (χ4n) is 6.22. The number of nitrogens with one attached hydrogen (secondary N) is 3. The lowest BCUT2D eigenvalue weighted by molar-refractivity contribution is -0.194. The molecule has 212 valence electrons. The van der Waals surface area contributed by atoms with Crippen LogP contribution in [0.3, 0.4) is 0 Å². The van der Waals surface area contributed by atoms with Gasteiger partial charge in [0.2, 0.25) is 17.7 Å². The van der Waals surface area contributed by atoms with Gasteiger partial charge in [-0.1, -0.05) is 31.5 Å². The molecule has 3 heterocycles. The average molecular weight is 564 g/mol. The lowest BCUT2D eigenvalue weighted by atomic mass is 9.71. The lowest BCUT2D eigenvalue weighted by Crippen LogP contribution is -2.70. The molecule has 1 aromatic carbocycles. The van der Waals surface area contributed by atoms with Crippen LogP contribution >= 0.6 is 11.6 Å². The van der Waals surface area contributed by atoms with Gasteiger partial charge in [0.15, 0.2) is 0 Å². The Morgan fingerprint density at radius 3 is 2.69 bits per heavy atom. The summed E-state index contributed by atoms with van der Waals surface area (Å²) >= 11 is 6.13. The number of fused-ring (bicyclic) bond motifs is 3. The van der Waals surface area contributed by atoms with Crippen LogP contribution in [0.2, 0.25) is 5.02 Å². The van der Waals surface area contributed by atoms with Crippen molar-refractivity contribution < 1.29 is 23.2 Å². The second-order valence-electron chi connectivity index (χ2n) is 11.4. The molecule has 8 nitrogen and oxygen atoms in total. The Kier molecular flexibility index (Phi) is 9.00. The quantitative estimate of drug-likeness (QED) is 0.418. The molecule has 39 heavy (non-hydrogen) atoms. The number of alkyl halides is 2. The molecule has 2 bridgehead atoms. The van der Waals surface area contributed by atoms with Gasteiger partial charge in [-0.05, 0) is 62.6 Å². The molecule has 3 amide bonds. The van der Waals surface area contributed by atoms with E-state index >= 15 is 8.78 Å². The molecule has 3 aliphatic heterocycles. The second-order valence-corrected chi connectivity index (χ2v) is 11.8. The van der Waals surface area contributed by atoms with Gasteiger partial charge in [-0.25, -0.2) is 8.78 Å². The van der Waals surface area contributed by atoms with E-state index in [2.05, 4.69) is 16.0 Å². The summed E-state index contributed by atoms with van der Waals surface area (Å²) in [5.74, 6) is -6.18. The Morgan fingerprint density at radius 1 is 1.28 bits per heavy atom. The van der Waals surface area contributed by atoms with Crippen LogP contribution in [0.5, 0.6) is 0 Å². The van der Waals surface area contributed by atoms with Gasteiger partial charge in [0, 0.05) is 35.6 Å². The van der Waals surface area contributed by atoms with Crippen molar-refractivity contribution in [2.24, 2.45) is 17.8 Å². The summed E-state index contributed by atoms with van der Waals surface area (Å²) in [6.07, 6.45) is 1.85. The molecule has 3 saturated heterocycles. The highest BCUT2D eigenvalue weighted by Gasteiger charge is 2.61. The van der Waals surface area contributed by atoms with Crippen molar-refractivity contribution in [2.75, 3.05) is 11.9 Å². The van der Waals surface area contributed by atoms with Crippen LogP contribution in [0, 0.1) is 29.1 Å². The number of rotatable bonds is 9.